The molecule has 1 rings (SSSR count). The number of likely N-dealkylation sites (N-methyl/N-ethyl adjacent to an activating group) is 1. The zero-order valence-electron chi connectivity index (χ0n) is 12.5. The van der Waals surface area contributed by atoms with Gasteiger partial charge in [0, 0.05) is 7.05 Å². The number of ether oxygens (including phenoxy) is 1. The van der Waals surface area contributed by atoms with E-state index in [0.29, 0.717) is 0 Å². The van der Waals surface area contributed by atoms with Crippen molar-refractivity contribution < 1.29 is 24.3 Å². The molecule has 0 aromatic heterocycles. The van der Waals surface area contributed by atoms with E-state index in [1.165, 1.54) is 45.4 Å². The summed E-state index contributed by atoms with van der Waals surface area (Å²) < 4.78 is 4.59. The summed E-state index contributed by atoms with van der Waals surface area (Å²) in [7, 11) is 2.69. The Morgan fingerprint density at radius 3 is 2.38 bits per heavy atom. The van der Waals surface area contributed by atoms with Crippen LogP contribution in [0.15, 0.2) is 36.4 Å². The molecule has 6 nitrogen and oxygen atoms in total. The van der Waals surface area contributed by atoms with Gasteiger partial charge in [-0.3, -0.25) is 0 Å². The predicted octanol–water partition coefficient (Wildman–Crippen LogP) is 1.76. The van der Waals surface area contributed by atoms with Gasteiger partial charge in [-0.1, -0.05) is 12.1 Å². The summed E-state index contributed by atoms with van der Waals surface area (Å²) in [6.07, 6.45) is 3.12. The average Bonchev–Trinajstić information content (AvgIpc) is 2.46. The lowest BCUT2D eigenvalue weighted by Crippen LogP contribution is -2.43. The number of esters is 1. The molecule has 0 fully saturated rings. The fourth-order valence-corrected chi connectivity index (χ4v) is 1.58. The number of allylic oxidation sites excluding steroid dienone is 1. The number of hydroxylamine groups is 2. The van der Waals surface area contributed by atoms with Gasteiger partial charge in [-0.15, -0.1) is 5.06 Å². The molecule has 0 spiro atoms. The molecular weight excluding hydrogens is 274 g/mol. The van der Waals surface area contributed by atoms with Crippen LogP contribution in [0.3, 0.4) is 0 Å². The molecule has 0 aliphatic carbocycles. The highest BCUT2D eigenvalue weighted by Gasteiger charge is 2.26. The van der Waals surface area contributed by atoms with Crippen LogP contribution in [0.1, 0.15) is 34.6 Å². The molecule has 0 aliphatic heterocycles. The van der Waals surface area contributed by atoms with Gasteiger partial charge in [0.05, 0.1) is 18.2 Å². The molecule has 1 aromatic rings. The highest BCUT2D eigenvalue weighted by molar-refractivity contribution is 5.95. The second-order valence-electron chi connectivity index (χ2n) is 4.54. The van der Waals surface area contributed by atoms with Gasteiger partial charge in [-0.25, -0.2) is 9.59 Å². The molecule has 0 aliphatic rings. The fraction of sp³-hybridized carbons (Fsp3) is 0.333. The van der Waals surface area contributed by atoms with Gasteiger partial charge in [-0.2, -0.15) is 0 Å². The highest BCUT2D eigenvalue weighted by Crippen LogP contribution is 2.14. The zero-order valence-corrected chi connectivity index (χ0v) is 12.5. The molecule has 0 saturated heterocycles. The van der Waals surface area contributed by atoms with Gasteiger partial charge < -0.3 is 14.7 Å². The minimum atomic E-state index is -1.43. The van der Waals surface area contributed by atoms with Crippen LogP contribution in [-0.2, 0) is 9.57 Å². The summed E-state index contributed by atoms with van der Waals surface area (Å²) in [5.74, 6) is -1.23. The lowest BCUT2D eigenvalue weighted by atomic mass is 10.1. The molecule has 114 valence electrons. The van der Waals surface area contributed by atoms with Crippen molar-refractivity contribution in [3.05, 3.63) is 47.5 Å². The molecule has 6 heteroatoms. The van der Waals surface area contributed by atoms with Crippen LogP contribution in [0.2, 0.25) is 0 Å². The van der Waals surface area contributed by atoms with Crippen LogP contribution < -0.4 is 0 Å². The number of rotatable bonds is 5. The van der Waals surface area contributed by atoms with E-state index in [4.69, 9.17) is 4.84 Å². The van der Waals surface area contributed by atoms with Gasteiger partial charge in [0.25, 0.3) is 0 Å². The standard InChI is InChI=1S/C15H19NO5/c1-5-9-15(2,19)16(3)21-14(18)12-8-6-7-11(10-12)13(17)20-4/h5-10,19H,1-4H3/b9-5+. The number of aliphatic hydroxyl groups is 1. The predicted molar refractivity (Wildman–Crippen MR) is 76.4 cm³/mol. The molecule has 0 saturated carbocycles. The second-order valence-corrected chi connectivity index (χ2v) is 4.54. The molecule has 1 atom stereocenters. The first-order valence-corrected chi connectivity index (χ1v) is 6.32. The number of nitrogens with zero attached hydrogens (tertiary/aromatic N) is 1. The summed E-state index contributed by atoms with van der Waals surface area (Å²) >= 11 is 0. The zero-order chi connectivity index (χ0) is 16.0. The normalized spacial score (nSPS) is 14.0. The Balaban J connectivity index is 2.87. The van der Waals surface area contributed by atoms with E-state index in [1.54, 1.807) is 19.1 Å². The maximum atomic E-state index is 12.0. The maximum Gasteiger partial charge on any atom is 0.357 e. The third-order valence-corrected chi connectivity index (χ3v) is 2.86. The quantitative estimate of drug-likeness (QED) is 0.386. The Kier molecular flexibility index (Phi) is 5.63. The van der Waals surface area contributed by atoms with Crippen LogP contribution in [0, 0.1) is 0 Å². The van der Waals surface area contributed by atoms with Crippen molar-refractivity contribution in [2.24, 2.45) is 0 Å². The molecule has 0 radical (unpaired) electrons. The Labute approximate surface area is 123 Å². The van der Waals surface area contributed by atoms with Crippen LogP contribution in [0.25, 0.3) is 0 Å². The van der Waals surface area contributed by atoms with Crippen molar-refractivity contribution in [2.75, 3.05) is 14.2 Å². The van der Waals surface area contributed by atoms with Gasteiger partial charge in [-0.05, 0) is 38.1 Å². The van der Waals surface area contributed by atoms with Crippen molar-refractivity contribution in [1.29, 1.82) is 0 Å². The van der Waals surface area contributed by atoms with E-state index < -0.39 is 17.7 Å². The first-order chi connectivity index (χ1) is 9.81. The summed E-state index contributed by atoms with van der Waals surface area (Å²) in [6.45, 7) is 3.22. The minimum Gasteiger partial charge on any atom is -0.465 e. The fourth-order valence-electron chi connectivity index (χ4n) is 1.58. The Bertz CT molecular complexity index is 551. The number of hydrogen-bond donors (Lipinski definition) is 1. The van der Waals surface area contributed by atoms with E-state index in [9.17, 15) is 14.7 Å². The molecule has 1 unspecified atom stereocenters. The van der Waals surface area contributed by atoms with Crippen molar-refractivity contribution in [3.63, 3.8) is 0 Å². The van der Waals surface area contributed by atoms with E-state index in [0.717, 1.165) is 5.06 Å². The molecule has 0 amide bonds. The second kappa shape index (κ2) is 7.01. The summed E-state index contributed by atoms with van der Waals surface area (Å²) in [5, 5.41) is 11.1. The maximum absolute atomic E-state index is 12.0. The Morgan fingerprint density at radius 1 is 1.29 bits per heavy atom. The first-order valence-electron chi connectivity index (χ1n) is 6.32. The van der Waals surface area contributed by atoms with Gasteiger partial charge in [0.15, 0.2) is 5.72 Å². The lowest BCUT2D eigenvalue weighted by molar-refractivity contribution is -0.213. The Hall–Kier alpha value is -2.18. The smallest absolute Gasteiger partial charge is 0.357 e. The molecule has 1 aromatic carbocycles. The van der Waals surface area contributed by atoms with E-state index >= 15 is 0 Å². The van der Waals surface area contributed by atoms with E-state index in [-0.39, 0.29) is 11.1 Å². The molecular formula is C15H19NO5. The van der Waals surface area contributed by atoms with Crippen molar-refractivity contribution in [1.82, 2.24) is 5.06 Å². The molecule has 0 bridgehead atoms. The number of benzene rings is 1. The molecule has 1 N–H and O–H groups in total. The number of hydrogen-bond acceptors (Lipinski definition) is 6. The number of methoxy groups -OCH3 is 1. The third kappa shape index (κ3) is 4.40. The number of carbonyl (C=O) groups is 2. The minimum absolute atomic E-state index is 0.182. The lowest BCUT2D eigenvalue weighted by Gasteiger charge is -2.29. The number of carbonyl (C=O) groups excluding carboxylic acids is 2. The summed E-state index contributed by atoms with van der Waals surface area (Å²) in [6, 6.07) is 5.95. The Morgan fingerprint density at radius 2 is 1.86 bits per heavy atom. The largest absolute Gasteiger partial charge is 0.465 e. The first kappa shape index (κ1) is 16.9. The van der Waals surface area contributed by atoms with Crippen molar-refractivity contribution in [3.8, 4) is 0 Å². The van der Waals surface area contributed by atoms with Gasteiger partial charge in [0.1, 0.15) is 0 Å². The van der Waals surface area contributed by atoms with E-state index in [2.05, 4.69) is 4.74 Å². The third-order valence-electron chi connectivity index (χ3n) is 2.86. The van der Waals surface area contributed by atoms with Gasteiger partial charge >= 0.3 is 11.9 Å². The average molecular weight is 293 g/mol. The van der Waals surface area contributed by atoms with Gasteiger partial charge in [0.2, 0.25) is 0 Å². The monoisotopic (exact) mass is 293 g/mol. The highest BCUT2D eigenvalue weighted by atomic mass is 16.7. The topological polar surface area (TPSA) is 76.1 Å². The summed E-state index contributed by atoms with van der Waals surface area (Å²) in [4.78, 5) is 28.5. The van der Waals surface area contributed by atoms with E-state index in [1.807, 2.05) is 0 Å². The summed E-state index contributed by atoms with van der Waals surface area (Å²) in [5.41, 5.74) is -1.000. The van der Waals surface area contributed by atoms with Crippen molar-refractivity contribution in [2.45, 2.75) is 19.6 Å². The van der Waals surface area contributed by atoms with Crippen LogP contribution in [0.5, 0.6) is 0 Å². The van der Waals surface area contributed by atoms with Crippen LogP contribution in [0.4, 0.5) is 0 Å². The van der Waals surface area contributed by atoms with Crippen LogP contribution >= 0.6 is 0 Å². The SMILES string of the molecule is C/C=C/C(C)(O)N(C)OC(=O)c1cccc(C(=O)OC)c1. The van der Waals surface area contributed by atoms with Crippen LogP contribution in [-0.4, -0.2) is 42.0 Å². The molecule has 0 heterocycles. The van der Waals surface area contributed by atoms with Crippen molar-refractivity contribution >= 4 is 11.9 Å². The molecule has 21 heavy (non-hydrogen) atoms.